The zero-order valence-corrected chi connectivity index (χ0v) is 5.79. The molecule has 52 valence electrons. The number of carbonyl (C=O) groups excluding carboxylic acids is 1. The standard InChI is InChI=1S/C5H11BO3/c1-6(8-2)9-5-3-4-7/h4H,3,5H2,1-2H3. The lowest BCUT2D eigenvalue weighted by molar-refractivity contribution is -0.108. The Morgan fingerprint density at radius 2 is 2.33 bits per heavy atom. The molecule has 0 radical (unpaired) electrons. The van der Waals surface area contributed by atoms with Crippen LogP contribution in [-0.2, 0) is 14.1 Å². The fourth-order valence-corrected chi connectivity index (χ4v) is 0.350. The smallest absolute Gasteiger partial charge is 0.414 e. The van der Waals surface area contributed by atoms with Gasteiger partial charge in [-0.1, -0.05) is 0 Å². The second-order valence-corrected chi connectivity index (χ2v) is 1.63. The van der Waals surface area contributed by atoms with E-state index >= 15 is 0 Å². The van der Waals surface area contributed by atoms with E-state index < -0.39 is 0 Å². The van der Waals surface area contributed by atoms with Gasteiger partial charge in [0.05, 0.1) is 0 Å². The van der Waals surface area contributed by atoms with Crippen LogP contribution in [0.5, 0.6) is 0 Å². The lowest BCUT2D eigenvalue weighted by Crippen LogP contribution is -2.16. The largest absolute Gasteiger partial charge is 0.453 e. The molecular weight excluding hydrogens is 119 g/mol. The van der Waals surface area contributed by atoms with E-state index in [9.17, 15) is 4.79 Å². The van der Waals surface area contributed by atoms with Gasteiger partial charge in [-0.25, -0.2) is 0 Å². The Hall–Kier alpha value is -0.345. The molecule has 9 heavy (non-hydrogen) atoms. The van der Waals surface area contributed by atoms with Gasteiger partial charge in [-0.2, -0.15) is 0 Å². The van der Waals surface area contributed by atoms with E-state index in [2.05, 4.69) is 0 Å². The first kappa shape index (κ1) is 8.65. The highest BCUT2D eigenvalue weighted by atomic mass is 16.6. The van der Waals surface area contributed by atoms with Crippen molar-refractivity contribution >= 4 is 13.4 Å². The Kier molecular flexibility index (Phi) is 5.56. The van der Waals surface area contributed by atoms with E-state index in [1.807, 2.05) is 0 Å². The zero-order valence-electron chi connectivity index (χ0n) is 5.79. The number of rotatable bonds is 5. The van der Waals surface area contributed by atoms with Gasteiger partial charge in [-0.05, 0) is 6.82 Å². The van der Waals surface area contributed by atoms with Crippen LogP contribution in [-0.4, -0.2) is 27.1 Å². The summed E-state index contributed by atoms with van der Waals surface area (Å²) in [5.41, 5.74) is 0. The average molecular weight is 130 g/mol. The van der Waals surface area contributed by atoms with Crippen molar-refractivity contribution in [1.82, 2.24) is 0 Å². The summed E-state index contributed by atoms with van der Waals surface area (Å²) in [6, 6.07) is 0. The summed E-state index contributed by atoms with van der Waals surface area (Å²) in [6.07, 6.45) is 1.26. The Morgan fingerprint density at radius 3 is 2.78 bits per heavy atom. The molecule has 0 saturated heterocycles. The van der Waals surface area contributed by atoms with Crippen LogP contribution in [0.2, 0.25) is 6.82 Å². The minimum absolute atomic E-state index is 0.204. The van der Waals surface area contributed by atoms with Crippen molar-refractivity contribution < 1.29 is 14.1 Å². The molecule has 0 aromatic carbocycles. The second kappa shape index (κ2) is 5.79. The average Bonchev–Trinajstić information content (AvgIpc) is 1.89. The first-order chi connectivity index (χ1) is 4.31. The van der Waals surface area contributed by atoms with E-state index in [1.54, 1.807) is 13.9 Å². The molecule has 0 aromatic rings. The van der Waals surface area contributed by atoms with Gasteiger partial charge in [0.1, 0.15) is 6.29 Å². The molecule has 4 heteroatoms. The highest BCUT2D eigenvalue weighted by molar-refractivity contribution is 6.42. The van der Waals surface area contributed by atoms with Gasteiger partial charge in [0.2, 0.25) is 0 Å². The van der Waals surface area contributed by atoms with Gasteiger partial charge >= 0.3 is 7.12 Å². The summed E-state index contributed by atoms with van der Waals surface area (Å²) < 4.78 is 9.74. The van der Waals surface area contributed by atoms with Crippen molar-refractivity contribution in [1.29, 1.82) is 0 Å². The highest BCUT2D eigenvalue weighted by Crippen LogP contribution is 1.85. The molecule has 0 heterocycles. The van der Waals surface area contributed by atoms with Crippen LogP contribution in [0.3, 0.4) is 0 Å². The van der Waals surface area contributed by atoms with Crippen molar-refractivity contribution in [3.63, 3.8) is 0 Å². The molecule has 0 unspecified atom stereocenters. The summed E-state index contributed by atoms with van der Waals surface area (Å²) in [5, 5.41) is 0. The Morgan fingerprint density at radius 1 is 1.67 bits per heavy atom. The van der Waals surface area contributed by atoms with Gasteiger partial charge < -0.3 is 14.1 Å². The molecule has 0 aliphatic heterocycles. The molecule has 0 aliphatic rings. The fraction of sp³-hybridized carbons (Fsp3) is 0.800. The van der Waals surface area contributed by atoms with E-state index in [4.69, 9.17) is 9.31 Å². The lowest BCUT2D eigenvalue weighted by atomic mass is 9.96. The third kappa shape index (κ3) is 5.53. The molecule has 0 bridgehead atoms. The normalized spacial score (nSPS) is 9.11. The van der Waals surface area contributed by atoms with E-state index in [-0.39, 0.29) is 7.12 Å². The van der Waals surface area contributed by atoms with Crippen molar-refractivity contribution in [2.75, 3.05) is 13.7 Å². The number of carbonyl (C=O) groups is 1. The molecule has 0 amide bonds. The number of hydrogen-bond donors (Lipinski definition) is 0. The van der Waals surface area contributed by atoms with E-state index in [0.717, 1.165) is 6.29 Å². The molecule has 3 nitrogen and oxygen atoms in total. The van der Waals surface area contributed by atoms with Crippen LogP contribution in [0.1, 0.15) is 6.42 Å². The number of aldehydes is 1. The van der Waals surface area contributed by atoms with Gasteiger partial charge in [-0.3, -0.25) is 0 Å². The Labute approximate surface area is 55.5 Å². The molecule has 0 fully saturated rings. The van der Waals surface area contributed by atoms with Gasteiger partial charge in [0.25, 0.3) is 0 Å². The summed E-state index contributed by atoms with van der Waals surface area (Å²) in [6.45, 7) is 2.23. The van der Waals surface area contributed by atoms with Crippen molar-refractivity contribution in [2.24, 2.45) is 0 Å². The Bertz CT molecular complexity index is 76.6. The third-order valence-electron chi connectivity index (χ3n) is 0.920. The van der Waals surface area contributed by atoms with Crippen molar-refractivity contribution in [2.45, 2.75) is 13.2 Å². The quantitative estimate of drug-likeness (QED) is 0.306. The van der Waals surface area contributed by atoms with Crippen LogP contribution in [0.25, 0.3) is 0 Å². The Balaban J connectivity index is 2.96. The van der Waals surface area contributed by atoms with Crippen LogP contribution < -0.4 is 0 Å². The molecular formula is C5H11BO3. The van der Waals surface area contributed by atoms with Crippen LogP contribution in [0.15, 0.2) is 0 Å². The summed E-state index contributed by atoms with van der Waals surface area (Å²) >= 11 is 0. The second-order valence-electron chi connectivity index (χ2n) is 1.63. The third-order valence-corrected chi connectivity index (χ3v) is 0.920. The van der Waals surface area contributed by atoms with Crippen LogP contribution in [0.4, 0.5) is 0 Å². The predicted molar refractivity (Wildman–Crippen MR) is 35.3 cm³/mol. The first-order valence-electron chi connectivity index (χ1n) is 2.89. The zero-order chi connectivity index (χ0) is 7.11. The van der Waals surface area contributed by atoms with Gasteiger partial charge in [-0.15, -0.1) is 0 Å². The maximum Gasteiger partial charge on any atom is 0.453 e. The molecule has 0 saturated carbocycles. The van der Waals surface area contributed by atoms with Gasteiger partial charge in [0, 0.05) is 20.1 Å². The van der Waals surface area contributed by atoms with E-state index in [0.29, 0.717) is 13.0 Å². The highest BCUT2D eigenvalue weighted by Gasteiger charge is 2.04. The summed E-state index contributed by atoms with van der Waals surface area (Å²) in [4.78, 5) is 9.75. The van der Waals surface area contributed by atoms with Gasteiger partial charge in [0.15, 0.2) is 0 Å². The monoisotopic (exact) mass is 130 g/mol. The maximum atomic E-state index is 9.75. The fourth-order valence-electron chi connectivity index (χ4n) is 0.350. The minimum atomic E-state index is -0.204. The van der Waals surface area contributed by atoms with Crippen molar-refractivity contribution in [3.05, 3.63) is 0 Å². The summed E-state index contributed by atoms with van der Waals surface area (Å²) in [7, 11) is 1.36. The minimum Gasteiger partial charge on any atom is -0.414 e. The maximum absolute atomic E-state index is 9.75. The topological polar surface area (TPSA) is 35.5 Å². The van der Waals surface area contributed by atoms with Crippen LogP contribution >= 0.6 is 0 Å². The molecule has 0 rings (SSSR count). The first-order valence-corrected chi connectivity index (χ1v) is 2.89. The molecule has 0 aromatic heterocycles. The molecule has 0 spiro atoms. The predicted octanol–water partition coefficient (Wildman–Crippen LogP) is 0.356. The SMILES string of the molecule is COB(C)OCCC=O. The molecule has 0 N–H and O–H groups in total. The lowest BCUT2D eigenvalue weighted by Gasteiger charge is -2.03. The molecule has 0 atom stereocenters. The number of hydrogen-bond acceptors (Lipinski definition) is 3. The summed E-state index contributed by atoms with van der Waals surface area (Å²) in [5.74, 6) is 0. The van der Waals surface area contributed by atoms with Crippen molar-refractivity contribution in [3.8, 4) is 0 Å². The van der Waals surface area contributed by atoms with E-state index in [1.165, 1.54) is 0 Å². The van der Waals surface area contributed by atoms with Crippen LogP contribution in [0, 0.1) is 0 Å². The molecule has 0 aliphatic carbocycles.